The Bertz CT molecular complexity index is 993. The summed E-state index contributed by atoms with van der Waals surface area (Å²) in [5.41, 5.74) is 3.32. The van der Waals surface area contributed by atoms with E-state index in [0.717, 1.165) is 23.5 Å². The molecule has 0 atom stereocenters. The van der Waals surface area contributed by atoms with Gasteiger partial charge in [-0.25, -0.2) is 4.79 Å². The quantitative estimate of drug-likeness (QED) is 0.171. The largest absolute Gasteiger partial charge is 0.467 e. The van der Waals surface area contributed by atoms with E-state index in [4.69, 9.17) is 18.9 Å². The van der Waals surface area contributed by atoms with Crippen molar-refractivity contribution in [1.82, 2.24) is 0 Å². The van der Waals surface area contributed by atoms with Gasteiger partial charge in [0, 0.05) is 12.7 Å². The highest BCUT2D eigenvalue weighted by Gasteiger charge is 2.52. The van der Waals surface area contributed by atoms with E-state index in [2.05, 4.69) is 18.2 Å². The monoisotopic (exact) mass is 476 g/mol. The second-order valence-corrected chi connectivity index (χ2v) is 10.5. The lowest BCUT2D eigenvalue weighted by Crippen LogP contribution is -2.48. The van der Waals surface area contributed by atoms with Crippen LogP contribution in [0.3, 0.4) is 0 Å². The average molecular weight is 477 g/mol. The Balaban J connectivity index is 1.30. The zero-order valence-electron chi connectivity index (χ0n) is 20.6. The average Bonchev–Trinajstić information content (AvgIpc) is 2.86. The molecule has 186 valence electrons. The first-order chi connectivity index (χ1) is 17.1. The van der Waals surface area contributed by atoms with Crippen molar-refractivity contribution in [2.75, 3.05) is 27.1 Å². The molecule has 0 heterocycles. The zero-order chi connectivity index (χ0) is 24.1. The molecule has 4 saturated carbocycles. The summed E-state index contributed by atoms with van der Waals surface area (Å²) in [5.74, 6) is 3.18. The van der Waals surface area contributed by atoms with Gasteiger partial charge >= 0.3 is 5.97 Å². The molecule has 4 aliphatic rings. The molecule has 0 spiro atoms. The molecular formula is C30H36O5. The van der Waals surface area contributed by atoms with Crippen LogP contribution in [0, 0.1) is 17.8 Å². The van der Waals surface area contributed by atoms with Crippen molar-refractivity contribution in [2.24, 2.45) is 17.8 Å². The Kier molecular flexibility index (Phi) is 7.54. The highest BCUT2D eigenvalue weighted by atomic mass is 16.7. The van der Waals surface area contributed by atoms with Crippen LogP contribution in [0.1, 0.15) is 60.0 Å². The molecule has 4 bridgehead atoms. The van der Waals surface area contributed by atoms with Gasteiger partial charge < -0.3 is 18.9 Å². The molecule has 0 aliphatic heterocycles. The highest BCUT2D eigenvalue weighted by molar-refractivity contribution is 5.89. The summed E-state index contributed by atoms with van der Waals surface area (Å²) in [6, 6.07) is 15.6. The molecule has 0 N–H and O–H groups in total. The number of methoxy groups -OCH3 is 1. The number of benzene rings is 2. The van der Waals surface area contributed by atoms with E-state index in [0.29, 0.717) is 25.2 Å². The van der Waals surface area contributed by atoms with Gasteiger partial charge in [0.05, 0.1) is 25.0 Å². The molecule has 6 rings (SSSR count). The van der Waals surface area contributed by atoms with Gasteiger partial charge in [-0.15, -0.1) is 0 Å². The van der Waals surface area contributed by atoms with Crippen molar-refractivity contribution in [1.29, 1.82) is 0 Å². The summed E-state index contributed by atoms with van der Waals surface area (Å²) in [7, 11) is 1.67. The molecule has 4 aliphatic carbocycles. The molecule has 0 unspecified atom stereocenters. The maximum Gasteiger partial charge on any atom is 0.342 e. The summed E-state index contributed by atoms with van der Waals surface area (Å²) in [6.45, 7) is 1.32. The lowest BCUT2D eigenvalue weighted by Gasteiger charge is -2.57. The van der Waals surface area contributed by atoms with Crippen LogP contribution in [0.5, 0.6) is 5.75 Å². The van der Waals surface area contributed by atoms with E-state index in [1.54, 1.807) is 19.2 Å². The van der Waals surface area contributed by atoms with Crippen LogP contribution in [0.15, 0.2) is 60.9 Å². The third kappa shape index (κ3) is 5.62. The Morgan fingerprint density at radius 1 is 0.971 bits per heavy atom. The SMILES string of the molecule is COCCOCOc1ccc(CC=COC(=O)c2ccccc2)cc1C12CC3CC(CC(C3)C1)C2. The fraction of sp³-hybridized carbons (Fsp3) is 0.500. The molecule has 2 aromatic rings. The van der Waals surface area contributed by atoms with Crippen LogP contribution in [0.4, 0.5) is 0 Å². The summed E-state index contributed by atoms with van der Waals surface area (Å²) in [5, 5.41) is 0. The third-order valence-electron chi connectivity index (χ3n) is 8.02. The maximum atomic E-state index is 12.2. The highest BCUT2D eigenvalue weighted by Crippen LogP contribution is 2.62. The Morgan fingerprint density at radius 3 is 2.37 bits per heavy atom. The first kappa shape index (κ1) is 24.1. The Hall–Kier alpha value is -2.63. The van der Waals surface area contributed by atoms with E-state index in [-0.39, 0.29) is 18.2 Å². The van der Waals surface area contributed by atoms with Gasteiger partial charge in [-0.2, -0.15) is 0 Å². The molecule has 5 heteroatoms. The molecule has 5 nitrogen and oxygen atoms in total. The summed E-state index contributed by atoms with van der Waals surface area (Å²) < 4.78 is 22.2. The molecular weight excluding hydrogens is 440 g/mol. The van der Waals surface area contributed by atoms with Crippen LogP contribution >= 0.6 is 0 Å². The molecule has 4 fully saturated rings. The van der Waals surface area contributed by atoms with Crippen LogP contribution in [0.2, 0.25) is 0 Å². The molecule has 0 amide bonds. The van der Waals surface area contributed by atoms with Gasteiger partial charge in [-0.3, -0.25) is 0 Å². The van der Waals surface area contributed by atoms with Crippen molar-refractivity contribution in [3.8, 4) is 5.75 Å². The minimum atomic E-state index is -0.340. The van der Waals surface area contributed by atoms with Gasteiger partial charge in [0.2, 0.25) is 0 Å². The standard InChI is InChI=1S/C30H36O5/c1-32-12-13-33-21-35-28-10-9-22(6-5-11-34-29(31)26-7-3-2-4-8-26)17-27(28)30-18-23-14-24(19-30)16-25(15-23)20-30/h2-5,7-11,17,23-25H,6,12-16,18-21H2,1H3. The summed E-state index contributed by atoms with van der Waals surface area (Å²) >= 11 is 0. The van der Waals surface area contributed by atoms with Crippen molar-refractivity contribution in [3.63, 3.8) is 0 Å². The predicted molar refractivity (Wildman–Crippen MR) is 134 cm³/mol. The van der Waals surface area contributed by atoms with Crippen LogP contribution in [-0.2, 0) is 26.0 Å². The van der Waals surface area contributed by atoms with Gasteiger partial charge in [0.1, 0.15) is 5.75 Å². The molecule has 35 heavy (non-hydrogen) atoms. The van der Waals surface area contributed by atoms with Crippen molar-refractivity contribution >= 4 is 5.97 Å². The van der Waals surface area contributed by atoms with Gasteiger partial charge in [0.25, 0.3) is 0 Å². The Morgan fingerprint density at radius 2 is 1.69 bits per heavy atom. The smallest absolute Gasteiger partial charge is 0.342 e. The van der Waals surface area contributed by atoms with E-state index in [9.17, 15) is 4.79 Å². The zero-order valence-corrected chi connectivity index (χ0v) is 20.6. The lowest BCUT2D eigenvalue weighted by molar-refractivity contribution is -0.0189. The van der Waals surface area contributed by atoms with Gasteiger partial charge in [-0.1, -0.05) is 30.3 Å². The number of allylic oxidation sites excluding steroid dienone is 1. The fourth-order valence-corrected chi connectivity index (χ4v) is 6.93. The molecule has 2 aromatic carbocycles. The van der Waals surface area contributed by atoms with E-state index in [1.165, 1.54) is 55.9 Å². The van der Waals surface area contributed by atoms with E-state index < -0.39 is 0 Å². The lowest BCUT2D eigenvalue weighted by atomic mass is 9.48. The second kappa shape index (κ2) is 11.0. The van der Waals surface area contributed by atoms with Crippen molar-refractivity contribution < 1.29 is 23.7 Å². The second-order valence-electron chi connectivity index (χ2n) is 10.5. The minimum absolute atomic E-state index is 0.218. The van der Waals surface area contributed by atoms with Crippen LogP contribution in [0.25, 0.3) is 0 Å². The summed E-state index contributed by atoms with van der Waals surface area (Å²) in [4.78, 5) is 12.2. The number of hydrogen-bond acceptors (Lipinski definition) is 5. The minimum Gasteiger partial charge on any atom is -0.467 e. The number of carbonyl (C=O) groups is 1. The number of carbonyl (C=O) groups excluding carboxylic acids is 1. The normalized spacial score (nSPS) is 26.8. The van der Waals surface area contributed by atoms with Gasteiger partial charge in [-0.05, 0) is 98.0 Å². The number of esters is 1. The summed E-state index contributed by atoms with van der Waals surface area (Å²) in [6.07, 6.45) is 12.2. The van der Waals surface area contributed by atoms with Crippen molar-refractivity contribution in [2.45, 2.75) is 50.4 Å². The maximum absolute atomic E-state index is 12.2. The predicted octanol–water partition coefficient (Wildman–Crippen LogP) is 6.07. The molecule has 0 aromatic heterocycles. The van der Waals surface area contributed by atoms with E-state index in [1.807, 2.05) is 24.3 Å². The topological polar surface area (TPSA) is 54.0 Å². The number of ether oxygens (including phenoxy) is 4. The Labute approximate surface area is 208 Å². The first-order valence-corrected chi connectivity index (χ1v) is 12.9. The van der Waals surface area contributed by atoms with Gasteiger partial charge in [0.15, 0.2) is 6.79 Å². The van der Waals surface area contributed by atoms with Crippen molar-refractivity contribution in [3.05, 3.63) is 77.6 Å². The fourth-order valence-electron chi connectivity index (χ4n) is 6.93. The first-order valence-electron chi connectivity index (χ1n) is 12.9. The molecule has 0 saturated heterocycles. The van der Waals surface area contributed by atoms with Crippen LogP contribution < -0.4 is 4.74 Å². The van der Waals surface area contributed by atoms with E-state index >= 15 is 0 Å². The molecule has 0 radical (unpaired) electrons. The van der Waals surface area contributed by atoms with Crippen LogP contribution in [-0.4, -0.2) is 33.1 Å². The number of hydrogen-bond donors (Lipinski definition) is 0. The number of rotatable bonds is 11. The third-order valence-corrected chi connectivity index (χ3v) is 8.02.